The largest absolute Gasteiger partial charge is 0.468 e. The van der Waals surface area contributed by atoms with Gasteiger partial charge in [0.2, 0.25) is 11.8 Å². The summed E-state index contributed by atoms with van der Waals surface area (Å²) in [6.07, 6.45) is 0. The SMILES string of the molecule is COC(=O)C(c1ccccc1Cl)N1CCN(Cc2nnc(-c3ccc([N+](=O)[O-])cc3)o2)CC1. The van der Waals surface area contributed by atoms with Crippen molar-refractivity contribution in [3.63, 3.8) is 0 Å². The molecule has 3 aromatic rings. The number of ether oxygens (including phenoxy) is 1. The number of non-ortho nitro benzene ring substituents is 1. The minimum absolute atomic E-state index is 0.00147. The van der Waals surface area contributed by atoms with Gasteiger partial charge in [0.25, 0.3) is 5.69 Å². The Balaban J connectivity index is 1.39. The fourth-order valence-corrected chi connectivity index (χ4v) is 4.05. The van der Waals surface area contributed by atoms with E-state index in [1.165, 1.54) is 19.2 Å². The van der Waals surface area contributed by atoms with E-state index in [0.717, 1.165) is 5.56 Å². The highest BCUT2D eigenvalue weighted by Crippen LogP contribution is 2.30. The Hall–Kier alpha value is -3.34. The highest BCUT2D eigenvalue weighted by atomic mass is 35.5. The van der Waals surface area contributed by atoms with Crippen LogP contribution in [0.2, 0.25) is 5.02 Å². The maximum atomic E-state index is 12.5. The van der Waals surface area contributed by atoms with Crippen molar-refractivity contribution < 1.29 is 18.9 Å². The van der Waals surface area contributed by atoms with Crippen LogP contribution in [0, 0.1) is 10.1 Å². The molecule has 0 N–H and O–H groups in total. The number of hydrogen-bond donors (Lipinski definition) is 0. The fraction of sp³-hybridized carbons (Fsp3) is 0.318. The molecule has 0 bridgehead atoms. The van der Waals surface area contributed by atoms with E-state index in [1.54, 1.807) is 18.2 Å². The lowest BCUT2D eigenvalue weighted by Gasteiger charge is -2.37. The number of hydrogen-bond acceptors (Lipinski definition) is 9. The molecule has 1 aliphatic rings. The van der Waals surface area contributed by atoms with Crippen LogP contribution < -0.4 is 0 Å². The number of carbonyl (C=O) groups excluding carboxylic acids is 1. The van der Waals surface area contributed by atoms with Crippen LogP contribution in [0.15, 0.2) is 52.9 Å². The summed E-state index contributed by atoms with van der Waals surface area (Å²) in [5.41, 5.74) is 1.34. The molecule has 0 radical (unpaired) electrons. The zero-order valence-electron chi connectivity index (χ0n) is 17.9. The number of aromatic nitrogens is 2. The smallest absolute Gasteiger partial charge is 0.327 e. The lowest BCUT2D eigenvalue weighted by Crippen LogP contribution is -2.49. The van der Waals surface area contributed by atoms with E-state index in [9.17, 15) is 14.9 Å². The second-order valence-electron chi connectivity index (χ2n) is 7.56. The van der Waals surface area contributed by atoms with Crippen LogP contribution in [-0.4, -0.2) is 64.2 Å². The molecule has 1 unspecified atom stereocenters. The Labute approximate surface area is 194 Å². The van der Waals surface area contributed by atoms with Crippen molar-refractivity contribution in [2.45, 2.75) is 12.6 Å². The first-order chi connectivity index (χ1) is 16.0. The third-order valence-electron chi connectivity index (χ3n) is 5.55. The van der Waals surface area contributed by atoms with Crippen LogP contribution in [0.25, 0.3) is 11.5 Å². The van der Waals surface area contributed by atoms with Crippen molar-refractivity contribution in [3.8, 4) is 11.5 Å². The number of halogens is 1. The van der Waals surface area contributed by atoms with Gasteiger partial charge in [0.15, 0.2) is 0 Å². The molecule has 33 heavy (non-hydrogen) atoms. The first-order valence-electron chi connectivity index (χ1n) is 10.3. The first-order valence-corrected chi connectivity index (χ1v) is 10.7. The minimum Gasteiger partial charge on any atom is -0.468 e. The van der Waals surface area contributed by atoms with Crippen LogP contribution in [-0.2, 0) is 16.1 Å². The van der Waals surface area contributed by atoms with E-state index in [2.05, 4.69) is 20.0 Å². The summed E-state index contributed by atoms with van der Waals surface area (Å²) in [6, 6.07) is 12.7. The summed E-state index contributed by atoms with van der Waals surface area (Å²) in [5.74, 6) is 0.414. The third-order valence-corrected chi connectivity index (χ3v) is 5.89. The number of nitro groups is 1. The van der Waals surface area contributed by atoms with Crippen molar-refractivity contribution >= 4 is 23.3 Å². The molecule has 10 nitrogen and oxygen atoms in total. The zero-order chi connectivity index (χ0) is 23.4. The fourth-order valence-electron chi connectivity index (χ4n) is 3.81. The number of esters is 1. The predicted octanol–water partition coefficient (Wildman–Crippen LogP) is 3.33. The molecule has 0 saturated carbocycles. The monoisotopic (exact) mass is 471 g/mol. The standard InChI is InChI=1S/C22H22ClN5O5/c1-32-22(29)20(17-4-2-3-5-18(17)23)27-12-10-26(11-13-27)14-19-24-25-21(33-19)15-6-8-16(9-7-15)28(30)31/h2-9,20H,10-14H2,1H3. The molecule has 1 fully saturated rings. The van der Waals surface area contributed by atoms with Gasteiger partial charge in [0, 0.05) is 48.9 Å². The lowest BCUT2D eigenvalue weighted by atomic mass is 10.0. The van der Waals surface area contributed by atoms with Gasteiger partial charge in [-0.15, -0.1) is 10.2 Å². The quantitative estimate of drug-likeness (QED) is 0.290. The molecule has 1 saturated heterocycles. The van der Waals surface area contributed by atoms with Crippen LogP contribution >= 0.6 is 11.6 Å². The topological polar surface area (TPSA) is 115 Å². The van der Waals surface area contributed by atoms with Gasteiger partial charge >= 0.3 is 5.97 Å². The van der Waals surface area contributed by atoms with Crippen molar-refractivity contribution in [1.29, 1.82) is 0 Å². The van der Waals surface area contributed by atoms with E-state index < -0.39 is 11.0 Å². The summed E-state index contributed by atoms with van der Waals surface area (Å²) < 4.78 is 10.8. The van der Waals surface area contributed by atoms with E-state index in [-0.39, 0.29) is 11.7 Å². The van der Waals surface area contributed by atoms with Gasteiger partial charge in [0.1, 0.15) is 6.04 Å². The summed E-state index contributed by atoms with van der Waals surface area (Å²) in [6.45, 7) is 3.10. The Kier molecular flexibility index (Phi) is 6.97. The van der Waals surface area contributed by atoms with E-state index in [4.69, 9.17) is 20.8 Å². The van der Waals surface area contributed by atoms with E-state index >= 15 is 0 Å². The summed E-state index contributed by atoms with van der Waals surface area (Å²) >= 11 is 6.35. The van der Waals surface area contributed by atoms with Gasteiger partial charge in [-0.3, -0.25) is 19.9 Å². The normalized spacial score (nSPS) is 15.8. The predicted molar refractivity (Wildman–Crippen MR) is 119 cm³/mol. The zero-order valence-corrected chi connectivity index (χ0v) is 18.6. The molecule has 1 atom stereocenters. The molecule has 4 rings (SSSR count). The summed E-state index contributed by atoms with van der Waals surface area (Å²) in [4.78, 5) is 27.1. The number of rotatable bonds is 7. The van der Waals surface area contributed by atoms with E-state index in [0.29, 0.717) is 55.1 Å². The minimum atomic E-state index is -0.567. The molecule has 2 heterocycles. The second-order valence-corrected chi connectivity index (χ2v) is 7.97. The van der Waals surface area contributed by atoms with Crippen molar-refractivity contribution in [1.82, 2.24) is 20.0 Å². The molecule has 1 aromatic heterocycles. The molecular weight excluding hydrogens is 450 g/mol. The lowest BCUT2D eigenvalue weighted by molar-refractivity contribution is -0.384. The van der Waals surface area contributed by atoms with Crippen LogP contribution in [0.4, 0.5) is 5.69 Å². The average molecular weight is 472 g/mol. The molecular formula is C22H22ClN5O5. The van der Waals surface area contributed by atoms with Crippen molar-refractivity contribution in [2.24, 2.45) is 0 Å². The molecule has 11 heteroatoms. The Bertz CT molecular complexity index is 1130. The van der Waals surface area contributed by atoms with Gasteiger partial charge < -0.3 is 9.15 Å². The Morgan fingerprint density at radius 1 is 1.15 bits per heavy atom. The number of methoxy groups -OCH3 is 1. The molecule has 0 aliphatic carbocycles. The molecule has 0 spiro atoms. The van der Waals surface area contributed by atoms with Gasteiger partial charge in [-0.2, -0.15) is 0 Å². The number of nitro benzene ring substituents is 1. The van der Waals surface area contributed by atoms with Gasteiger partial charge in [-0.25, -0.2) is 4.79 Å². The van der Waals surface area contributed by atoms with Crippen molar-refractivity contribution in [3.05, 3.63) is 75.1 Å². The molecule has 2 aromatic carbocycles. The molecule has 1 aliphatic heterocycles. The average Bonchev–Trinajstić information content (AvgIpc) is 3.30. The summed E-state index contributed by atoms with van der Waals surface area (Å²) in [5, 5.41) is 19.5. The van der Waals surface area contributed by atoms with Crippen LogP contribution in [0.5, 0.6) is 0 Å². The number of carbonyl (C=O) groups is 1. The molecule has 172 valence electrons. The third kappa shape index (κ3) is 5.19. The number of piperazine rings is 1. The van der Waals surface area contributed by atoms with Gasteiger partial charge in [-0.05, 0) is 23.8 Å². The highest BCUT2D eigenvalue weighted by Gasteiger charge is 2.32. The second kappa shape index (κ2) is 10.1. The van der Waals surface area contributed by atoms with E-state index in [1.807, 2.05) is 18.2 Å². The number of benzene rings is 2. The molecule has 0 amide bonds. The Morgan fingerprint density at radius 3 is 2.48 bits per heavy atom. The maximum Gasteiger partial charge on any atom is 0.327 e. The van der Waals surface area contributed by atoms with Crippen molar-refractivity contribution in [2.75, 3.05) is 33.3 Å². The first kappa shape index (κ1) is 22.8. The number of nitrogens with zero attached hydrogens (tertiary/aromatic N) is 5. The van der Waals surface area contributed by atoms with Crippen LogP contribution in [0.3, 0.4) is 0 Å². The highest BCUT2D eigenvalue weighted by molar-refractivity contribution is 6.31. The maximum absolute atomic E-state index is 12.5. The van der Waals surface area contributed by atoms with Gasteiger partial charge in [-0.1, -0.05) is 29.8 Å². The Morgan fingerprint density at radius 2 is 1.85 bits per heavy atom. The van der Waals surface area contributed by atoms with Crippen LogP contribution in [0.1, 0.15) is 17.5 Å². The summed E-state index contributed by atoms with van der Waals surface area (Å²) in [7, 11) is 1.38. The van der Waals surface area contributed by atoms with Gasteiger partial charge in [0.05, 0.1) is 18.6 Å².